The van der Waals surface area contributed by atoms with Crippen molar-refractivity contribution in [3.05, 3.63) is 95.6 Å². The SMILES string of the molecule is CC(OC(=O)c1cccc(OCc2ccccc2)c1)C(=O)Nc1ccc(C(N)=O)cc1. The minimum atomic E-state index is -1.03. The summed E-state index contributed by atoms with van der Waals surface area (Å²) in [5.74, 6) is -1.19. The maximum Gasteiger partial charge on any atom is 0.339 e. The Hall–Kier alpha value is -4.13. The fraction of sp³-hybridized carbons (Fsp3) is 0.125. The molecule has 0 spiro atoms. The predicted molar refractivity (Wildman–Crippen MR) is 116 cm³/mol. The van der Waals surface area contributed by atoms with Crippen LogP contribution in [0.5, 0.6) is 5.75 Å². The maximum absolute atomic E-state index is 12.4. The van der Waals surface area contributed by atoms with Gasteiger partial charge in [0.2, 0.25) is 5.91 Å². The molecule has 0 fully saturated rings. The molecule has 3 aromatic carbocycles. The van der Waals surface area contributed by atoms with E-state index >= 15 is 0 Å². The molecule has 0 aromatic heterocycles. The lowest BCUT2D eigenvalue weighted by Crippen LogP contribution is -2.30. The number of esters is 1. The second kappa shape index (κ2) is 10.1. The van der Waals surface area contributed by atoms with Crippen molar-refractivity contribution < 1.29 is 23.9 Å². The monoisotopic (exact) mass is 418 g/mol. The summed E-state index contributed by atoms with van der Waals surface area (Å²) in [5.41, 5.74) is 7.25. The van der Waals surface area contributed by atoms with E-state index in [1.807, 2.05) is 30.3 Å². The second-order valence-corrected chi connectivity index (χ2v) is 6.78. The molecule has 0 saturated heterocycles. The zero-order valence-corrected chi connectivity index (χ0v) is 16.9. The summed E-state index contributed by atoms with van der Waals surface area (Å²) in [7, 11) is 0. The molecule has 3 aromatic rings. The van der Waals surface area contributed by atoms with E-state index in [4.69, 9.17) is 15.2 Å². The molecule has 31 heavy (non-hydrogen) atoms. The lowest BCUT2D eigenvalue weighted by atomic mass is 10.2. The lowest BCUT2D eigenvalue weighted by molar-refractivity contribution is -0.123. The van der Waals surface area contributed by atoms with Crippen LogP contribution in [-0.2, 0) is 16.1 Å². The lowest BCUT2D eigenvalue weighted by Gasteiger charge is -2.14. The molecule has 0 aliphatic carbocycles. The number of benzene rings is 3. The van der Waals surface area contributed by atoms with Gasteiger partial charge in [-0.15, -0.1) is 0 Å². The van der Waals surface area contributed by atoms with Gasteiger partial charge in [-0.25, -0.2) is 4.79 Å². The number of ether oxygens (including phenoxy) is 2. The standard InChI is InChI=1S/C24H22N2O5/c1-16(23(28)26-20-12-10-18(11-13-20)22(25)27)31-24(29)19-8-5-9-21(14-19)30-15-17-6-3-2-4-7-17/h2-14,16H,15H2,1H3,(H2,25,27)(H,26,28). The van der Waals surface area contributed by atoms with Crippen molar-refractivity contribution in [1.82, 2.24) is 0 Å². The molecule has 7 nitrogen and oxygen atoms in total. The highest BCUT2D eigenvalue weighted by atomic mass is 16.5. The molecule has 158 valence electrons. The Labute approximate surface area is 179 Å². The third-order valence-electron chi connectivity index (χ3n) is 4.41. The largest absolute Gasteiger partial charge is 0.489 e. The average molecular weight is 418 g/mol. The van der Waals surface area contributed by atoms with Gasteiger partial charge in [0.25, 0.3) is 5.91 Å². The molecule has 3 N–H and O–H groups in total. The van der Waals surface area contributed by atoms with Crippen LogP contribution >= 0.6 is 0 Å². The molecular formula is C24H22N2O5. The first-order chi connectivity index (χ1) is 14.9. The normalized spacial score (nSPS) is 11.3. The van der Waals surface area contributed by atoms with E-state index in [1.165, 1.54) is 19.1 Å². The first kappa shape index (κ1) is 21.6. The Morgan fingerprint density at radius 1 is 0.903 bits per heavy atom. The highest BCUT2D eigenvalue weighted by Crippen LogP contribution is 2.17. The van der Waals surface area contributed by atoms with Crippen LogP contribution in [0.15, 0.2) is 78.9 Å². The molecule has 0 bridgehead atoms. The third kappa shape index (κ3) is 6.17. The highest BCUT2D eigenvalue weighted by molar-refractivity contribution is 5.98. The van der Waals surface area contributed by atoms with E-state index in [0.717, 1.165) is 5.56 Å². The van der Waals surface area contributed by atoms with Crippen LogP contribution < -0.4 is 15.8 Å². The first-order valence-corrected chi connectivity index (χ1v) is 9.61. The number of rotatable bonds is 8. The van der Waals surface area contributed by atoms with Gasteiger partial charge in [-0.05, 0) is 55.0 Å². The van der Waals surface area contributed by atoms with Crippen LogP contribution in [-0.4, -0.2) is 23.9 Å². The van der Waals surface area contributed by atoms with Crippen LogP contribution in [0.3, 0.4) is 0 Å². The van der Waals surface area contributed by atoms with Crippen LogP contribution in [0.2, 0.25) is 0 Å². The van der Waals surface area contributed by atoms with Gasteiger partial charge in [0.05, 0.1) is 5.56 Å². The van der Waals surface area contributed by atoms with E-state index in [0.29, 0.717) is 23.6 Å². The zero-order chi connectivity index (χ0) is 22.2. The number of hydrogen-bond acceptors (Lipinski definition) is 5. The smallest absolute Gasteiger partial charge is 0.339 e. The number of primary amides is 1. The number of anilines is 1. The minimum absolute atomic E-state index is 0.274. The van der Waals surface area contributed by atoms with Crippen molar-refractivity contribution in [3.8, 4) is 5.75 Å². The summed E-state index contributed by atoms with van der Waals surface area (Å²) in [4.78, 5) is 35.9. The summed E-state index contributed by atoms with van der Waals surface area (Å²) in [6.07, 6.45) is -1.03. The first-order valence-electron chi connectivity index (χ1n) is 9.61. The summed E-state index contributed by atoms with van der Waals surface area (Å²) < 4.78 is 11.0. The molecule has 2 amide bonds. The van der Waals surface area contributed by atoms with Gasteiger partial charge < -0.3 is 20.5 Å². The molecular weight excluding hydrogens is 396 g/mol. The van der Waals surface area contributed by atoms with Crippen LogP contribution in [0, 0.1) is 0 Å². The third-order valence-corrected chi connectivity index (χ3v) is 4.41. The van der Waals surface area contributed by atoms with Gasteiger partial charge in [-0.1, -0.05) is 36.4 Å². The van der Waals surface area contributed by atoms with Crippen molar-refractivity contribution in [2.24, 2.45) is 5.73 Å². The fourth-order valence-corrected chi connectivity index (χ4v) is 2.70. The predicted octanol–water partition coefficient (Wildman–Crippen LogP) is 3.55. The van der Waals surface area contributed by atoms with E-state index in [1.54, 1.807) is 36.4 Å². The van der Waals surface area contributed by atoms with E-state index in [9.17, 15) is 14.4 Å². The number of carbonyl (C=O) groups excluding carboxylic acids is 3. The molecule has 1 atom stereocenters. The van der Waals surface area contributed by atoms with Gasteiger partial charge in [0.1, 0.15) is 12.4 Å². The number of nitrogens with two attached hydrogens (primary N) is 1. The highest BCUT2D eigenvalue weighted by Gasteiger charge is 2.19. The Morgan fingerprint density at radius 2 is 1.61 bits per heavy atom. The summed E-state index contributed by atoms with van der Waals surface area (Å²) in [6.45, 7) is 1.84. The van der Waals surface area contributed by atoms with Crippen molar-refractivity contribution in [2.45, 2.75) is 19.6 Å². The molecule has 0 saturated carbocycles. The summed E-state index contributed by atoms with van der Waals surface area (Å²) >= 11 is 0. The Morgan fingerprint density at radius 3 is 2.29 bits per heavy atom. The molecule has 3 rings (SSSR count). The molecule has 7 heteroatoms. The van der Waals surface area contributed by atoms with Gasteiger partial charge in [0.15, 0.2) is 6.10 Å². The maximum atomic E-state index is 12.4. The number of hydrogen-bond donors (Lipinski definition) is 2. The number of nitrogens with one attached hydrogen (secondary N) is 1. The van der Waals surface area contributed by atoms with Crippen molar-refractivity contribution in [3.63, 3.8) is 0 Å². The molecule has 0 heterocycles. The van der Waals surface area contributed by atoms with E-state index in [2.05, 4.69) is 5.32 Å². The topological polar surface area (TPSA) is 108 Å². The number of carbonyl (C=O) groups is 3. The quantitative estimate of drug-likeness (QED) is 0.544. The van der Waals surface area contributed by atoms with Gasteiger partial charge in [-0.3, -0.25) is 9.59 Å². The second-order valence-electron chi connectivity index (χ2n) is 6.78. The minimum Gasteiger partial charge on any atom is -0.489 e. The van der Waals surface area contributed by atoms with Crippen molar-refractivity contribution >= 4 is 23.5 Å². The van der Waals surface area contributed by atoms with E-state index in [-0.39, 0.29) is 5.56 Å². The van der Waals surface area contributed by atoms with Gasteiger partial charge in [0, 0.05) is 11.3 Å². The summed E-state index contributed by atoms with van der Waals surface area (Å²) in [6, 6.07) is 22.3. The molecule has 0 aliphatic rings. The van der Waals surface area contributed by atoms with Crippen molar-refractivity contribution in [1.29, 1.82) is 0 Å². The Balaban J connectivity index is 1.56. The molecule has 0 aliphatic heterocycles. The van der Waals surface area contributed by atoms with Crippen LogP contribution in [0.4, 0.5) is 5.69 Å². The van der Waals surface area contributed by atoms with E-state index < -0.39 is 23.9 Å². The molecule has 1 unspecified atom stereocenters. The molecule has 0 radical (unpaired) electrons. The van der Waals surface area contributed by atoms with Crippen LogP contribution in [0.25, 0.3) is 0 Å². The van der Waals surface area contributed by atoms with Gasteiger partial charge in [-0.2, -0.15) is 0 Å². The Kier molecular flexibility index (Phi) is 7.01. The number of amides is 2. The Bertz CT molecular complexity index is 1060. The average Bonchev–Trinajstić information content (AvgIpc) is 2.79. The van der Waals surface area contributed by atoms with Crippen molar-refractivity contribution in [2.75, 3.05) is 5.32 Å². The zero-order valence-electron chi connectivity index (χ0n) is 16.9. The fourth-order valence-electron chi connectivity index (χ4n) is 2.70. The van der Waals surface area contributed by atoms with Gasteiger partial charge >= 0.3 is 5.97 Å². The summed E-state index contributed by atoms with van der Waals surface area (Å²) in [5, 5.41) is 2.62. The van der Waals surface area contributed by atoms with Crippen LogP contribution in [0.1, 0.15) is 33.2 Å².